The van der Waals surface area contributed by atoms with Gasteiger partial charge in [-0.15, -0.1) is 0 Å². The van der Waals surface area contributed by atoms with E-state index in [1.54, 1.807) is 12.4 Å². The molecular weight excluding hydrogens is 500 g/mol. The van der Waals surface area contributed by atoms with Crippen molar-refractivity contribution in [3.63, 3.8) is 0 Å². The molecule has 32 heavy (non-hydrogen) atoms. The minimum atomic E-state index is -4.56. The van der Waals surface area contributed by atoms with Crippen molar-refractivity contribution in [2.75, 3.05) is 24.4 Å². The van der Waals surface area contributed by atoms with Crippen LogP contribution >= 0.6 is 15.9 Å². The van der Waals surface area contributed by atoms with Gasteiger partial charge in [-0.2, -0.15) is 13.1 Å². The SMILES string of the molecule is [2H]c1c([2H])c(-c2c(NS(=O)(=O)NC([2H])([2H])CC)ncnc2OCCOc2ncc(C)cn2)c([2H])c([2H])c1Br. The zero-order valence-corrected chi connectivity index (χ0v) is 19.5. The number of ether oxygens (including phenoxy) is 2. The fraction of sp³-hybridized carbons (Fsp3) is 0.300. The highest BCUT2D eigenvalue weighted by Gasteiger charge is 2.19. The number of aromatic nitrogens is 4. The Balaban J connectivity index is 2.03. The first-order valence-electron chi connectivity index (χ1n) is 12.2. The molecule has 170 valence electrons. The van der Waals surface area contributed by atoms with Crippen molar-refractivity contribution < 1.29 is 26.1 Å². The summed E-state index contributed by atoms with van der Waals surface area (Å²) >= 11 is 3.02. The fourth-order valence-corrected chi connectivity index (χ4v) is 3.24. The molecule has 0 spiro atoms. The summed E-state index contributed by atoms with van der Waals surface area (Å²) in [5, 5.41) is 0. The molecule has 2 N–H and O–H groups in total. The number of hydrogen-bond donors (Lipinski definition) is 2. The Morgan fingerprint density at radius 3 is 2.47 bits per heavy atom. The van der Waals surface area contributed by atoms with Gasteiger partial charge in [-0.3, -0.25) is 4.72 Å². The molecule has 12 heteroatoms. The van der Waals surface area contributed by atoms with Crippen molar-refractivity contribution in [2.24, 2.45) is 0 Å². The van der Waals surface area contributed by atoms with Crippen molar-refractivity contribution in [1.29, 1.82) is 0 Å². The number of benzene rings is 1. The van der Waals surface area contributed by atoms with Gasteiger partial charge in [0.1, 0.15) is 19.5 Å². The molecule has 0 unspecified atom stereocenters. The highest BCUT2D eigenvalue weighted by molar-refractivity contribution is 9.10. The van der Waals surface area contributed by atoms with Crippen molar-refractivity contribution in [3.05, 3.63) is 52.9 Å². The van der Waals surface area contributed by atoms with Gasteiger partial charge in [-0.05, 0) is 36.6 Å². The van der Waals surface area contributed by atoms with E-state index in [2.05, 4.69) is 40.6 Å². The molecule has 3 aromatic rings. The third-order valence-electron chi connectivity index (χ3n) is 3.58. The summed E-state index contributed by atoms with van der Waals surface area (Å²) in [5.74, 6) is -0.729. The van der Waals surface area contributed by atoms with E-state index in [-0.39, 0.29) is 47.1 Å². The predicted molar refractivity (Wildman–Crippen MR) is 124 cm³/mol. The van der Waals surface area contributed by atoms with Crippen LogP contribution in [0.25, 0.3) is 11.1 Å². The number of nitrogens with one attached hydrogen (secondary N) is 2. The number of nitrogens with zero attached hydrogens (tertiary/aromatic N) is 4. The Morgan fingerprint density at radius 2 is 1.78 bits per heavy atom. The molecule has 0 aliphatic heterocycles. The van der Waals surface area contributed by atoms with Gasteiger partial charge in [0.05, 0.1) is 11.0 Å². The van der Waals surface area contributed by atoms with Crippen LogP contribution in [0, 0.1) is 6.92 Å². The standard InChI is InChI=1S/C20H23BrN6O4S/c1-3-8-26-32(28,29)27-18-17(15-4-6-16(21)7-5-15)19(25-13-24-18)30-9-10-31-20-22-11-14(2)12-23-20/h4-7,11-13,26H,3,8-10H2,1-2H3,(H,24,25,27)/i4D,5D,6D,7D,8D2. The van der Waals surface area contributed by atoms with E-state index in [4.69, 9.17) is 17.7 Å². The zero-order valence-electron chi connectivity index (χ0n) is 23.1. The second-order valence-corrected chi connectivity index (χ2v) is 8.28. The number of hydrogen-bond acceptors (Lipinski definition) is 8. The van der Waals surface area contributed by atoms with Crippen LogP contribution in [0.15, 0.2) is 47.4 Å². The van der Waals surface area contributed by atoms with Gasteiger partial charge in [0, 0.05) is 26.1 Å². The summed E-state index contributed by atoms with van der Waals surface area (Å²) in [6.07, 6.45) is 3.92. The molecule has 10 nitrogen and oxygen atoms in total. The first kappa shape index (κ1) is 16.8. The molecule has 2 heterocycles. The highest BCUT2D eigenvalue weighted by atomic mass is 79.9. The molecular formula is C20H23BrN6O4S. The van der Waals surface area contributed by atoms with E-state index >= 15 is 0 Å². The maximum absolute atomic E-state index is 12.7. The molecule has 0 bridgehead atoms. The van der Waals surface area contributed by atoms with Crippen LogP contribution in [0.4, 0.5) is 5.82 Å². The molecule has 0 aliphatic carbocycles. The lowest BCUT2D eigenvalue weighted by atomic mass is 10.1. The van der Waals surface area contributed by atoms with Crippen molar-refractivity contribution in [3.8, 4) is 23.0 Å². The third kappa shape index (κ3) is 6.84. The summed E-state index contributed by atoms with van der Waals surface area (Å²) in [5.41, 5.74) is 0.217. The minimum absolute atomic E-state index is 0.0545. The van der Waals surface area contributed by atoms with Crippen LogP contribution in [0.5, 0.6) is 11.9 Å². The Morgan fingerprint density at radius 1 is 1.09 bits per heavy atom. The maximum atomic E-state index is 12.7. The monoisotopic (exact) mass is 528 g/mol. The van der Waals surface area contributed by atoms with E-state index in [9.17, 15) is 8.42 Å². The molecule has 0 fully saturated rings. The lowest BCUT2D eigenvalue weighted by molar-refractivity contribution is 0.202. The quantitative estimate of drug-likeness (QED) is 0.363. The maximum Gasteiger partial charge on any atom is 0.316 e. The Hall–Kier alpha value is -2.83. The van der Waals surface area contributed by atoms with Gasteiger partial charge in [0.15, 0.2) is 5.82 Å². The molecule has 1 aromatic carbocycles. The molecule has 0 saturated carbocycles. The molecule has 0 radical (unpaired) electrons. The van der Waals surface area contributed by atoms with E-state index in [1.807, 2.05) is 11.6 Å². The van der Waals surface area contributed by atoms with Crippen LogP contribution in [0.2, 0.25) is 0 Å². The predicted octanol–water partition coefficient (Wildman–Crippen LogP) is 3.12. The second-order valence-electron chi connectivity index (χ2n) is 6.07. The van der Waals surface area contributed by atoms with Crippen molar-refractivity contribution >= 4 is 32.0 Å². The molecule has 0 atom stereocenters. The number of anilines is 1. The summed E-state index contributed by atoms with van der Waals surface area (Å²) < 4.78 is 89.0. The van der Waals surface area contributed by atoms with Crippen LogP contribution in [-0.2, 0) is 10.2 Å². The first-order chi connectivity index (χ1) is 17.8. The second kappa shape index (κ2) is 11.2. The Kier molecular flexibility index (Phi) is 5.84. The lowest BCUT2D eigenvalue weighted by Gasteiger charge is -2.15. The van der Waals surface area contributed by atoms with Gasteiger partial charge < -0.3 is 9.47 Å². The van der Waals surface area contributed by atoms with Gasteiger partial charge in [-0.1, -0.05) is 34.9 Å². The van der Waals surface area contributed by atoms with Gasteiger partial charge in [-0.25, -0.2) is 19.9 Å². The van der Waals surface area contributed by atoms with Gasteiger partial charge in [0.25, 0.3) is 10.2 Å². The molecule has 0 amide bonds. The summed E-state index contributed by atoms with van der Waals surface area (Å²) in [7, 11) is -4.56. The summed E-state index contributed by atoms with van der Waals surface area (Å²) in [4.78, 5) is 15.9. The van der Waals surface area contributed by atoms with E-state index in [0.29, 0.717) is 0 Å². The smallest absolute Gasteiger partial charge is 0.316 e. The Bertz CT molecular complexity index is 1400. The molecule has 2 aromatic heterocycles. The van der Waals surface area contributed by atoms with E-state index in [0.717, 1.165) is 11.9 Å². The first-order valence-corrected chi connectivity index (χ1v) is 11.5. The van der Waals surface area contributed by atoms with E-state index < -0.39 is 46.7 Å². The number of rotatable bonds is 11. The van der Waals surface area contributed by atoms with Crippen LogP contribution in [-0.4, -0.2) is 48.1 Å². The van der Waals surface area contributed by atoms with Crippen molar-refractivity contribution in [1.82, 2.24) is 24.7 Å². The normalized spacial score (nSPS) is 14.3. The number of aryl methyl sites for hydroxylation is 1. The third-order valence-corrected chi connectivity index (χ3v) is 4.85. The van der Waals surface area contributed by atoms with Gasteiger partial charge >= 0.3 is 6.01 Å². The Labute approximate surface area is 203 Å². The highest BCUT2D eigenvalue weighted by Crippen LogP contribution is 2.34. The minimum Gasteiger partial charge on any atom is -0.473 e. The average Bonchev–Trinajstić information content (AvgIpc) is 2.85. The van der Waals surface area contributed by atoms with E-state index in [1.165, 1.54) is 6.92 Å². The van der Waals surface area contributed by atoms with Crippen LogP contribution < -0.4 is 18.9 Å². The largest absolute Gasteiger partial charge is 0.473 e. The van der Waals surface area contributed by atoms with Gasteiger partial charge in [0.2, 0.25) is 5.88 Å². The zero-order chi connectivity index (χ0) is 28.3. The van der Waals surface area contributed by atoms with Crippen LogP contribution in [0.1, 0.15) is 27.1 Å². The molecule has 0 saturated heterocycles. The summed E-state index contributed by atoms with van der Waals surface area (Å²) in [6, 6.07) is -1.78. The fourth-order valence-electron chi connectivity index (χ4n) is 2.25. The average molecular weight is 529 g/mol. The molecule has 3 rings (SSSR count). The van der Waals surface area contributed by atoms with Crippen molar-refractivity contribution in [2.45, 2.75) is 20.3 Å². The van der Waals surface area contributed by atoms with Crippen LogP contribution in [0.3, 0.4) is 0 Å². The molecule has 0 aliphatic rings. The lowest BCUT2D eigenvalue weighted by Crippen LogP contribution is -2.31. The number of halogens is 1. The summed E-state index contributed by atoms with van der Waals surface area (Å²) in [6.45, 7) is 0.772. The topological polar surface area (TPSA) is 128 Å².